The summed E-state index contributed by atoms with van der Waals surface area (Å²) < 4.78 is 10.5. The molecule has 3 aromatic heterocycles. The second kappa shape index (κ2) is 11.1. The van der Waals surface area contributed by atoms with Gasteiger partial charge in [-0.3, -0.25) is 4.79 Å². The van der Waals surface area contributed by atoms with Gasteiger partial charge in [-0.25, -0.2) is 19.9 Å². The summed E-state index contributed by atoms with van der Waals surface area (Å²) in [4.78, 5) is 29.4. The average molecular weight is 465 g/mol. The number of pyridine rings is 2. The summed E-state index contributed by atoms with van der Waals surface area (Å²) in [6, 6.07) is 6.39. The van der Waals surface area contributed by atoms with E-state index in [2.05, 4.69) is 25.6 Å². The Hall–Kier alpha value is -3.49. The number of methoxy groups -OCH3 is 1. The van der Waals surface area contributed by atoms with E-state index in [0.717, 1.165) is 54.5 Å². The first kappa shape index (κ1) is 23.7. The number of carbonyl (C=O) groups is 1. The number of fused-ring (bicyclic) bond motifs is 1. The summed E-state index contributed by atoms with van der Waals surface area (Å²) in [6.45, 7) is 4.50. The predicted octanol–water partition coefficient (Wildman–Crippen LogP) is 4.01. The molecule has 1 saturated carbocycles. The van der Waals surface area contributed by atoms with Crippen LogP contribution in [0.4, 0.5) is 11.8 Å². The zero-order valence-electron chi connectivity index (χ0n) is 20.0. The summed E-state index contributed by atoms with van der Waals surface area (Å²) in [6.07, 6.45) is 9.54. The molecular weight excluding hydrogens is 432 g/mol. The number of aromatic nitrogens is 4. The van der Waals surface area contributed by atoms with Gasteiger partial charge in [0.25, 0.3) is 0 Å². The van der Waals surface area contributed by atoms with Gasteiger partial charge in [0.15, 0.2) is 0 Å². The minimum Gasteiger partial charge on any atom is -0.479 e. The Morgan fingerprint density at radius 3 is 2.56 bits per heavy atom. The van der Waals surface area contributed by atoms with Crippen LogP contribution >= 0.6 is 0 Å². The highest BCUT2D eigenvalue weighted by Gasteiger charge is 2.22. The molecule has 4 rings (SSSR count). The van der Waals surface area contributed by atoms with Crippen molar-refractivity contribution in [3.63, 3.8) is 0 Å². The fourth-order valence-electron chi connectivity index (χ4n) is 4.22. The smallest absolute Gasteiger partial charge is 0.310 e. The molecular formula is C25H32N6O3. The van der Waals surface area contributed by atoms with Crippen molar-refractivity contribution in [2.75, 3.05) is 24.3 Å². The molecule has 2 N–H and O–H groups in total. The van der Waals surface area contributed by atoms with Crippen molar-refractivity contribution in [3.05, 3.63) is 42.4 Å². The first-order valence-corrected chi connectivity index (χ1v) is 11.8. The van der Waals surface area contributed by atoms with Crippen LogP contribution in [0.1, 0.15) is 45.1 Å². The highest BCUT2D eigenvalue weighted by atomic mass is 16.5. The molecule has 180 valence electrons. The maximum atomic E-state index is 11.8. The van der Waals surface area contributed by atoms with Gasteiger partial charge in [-0.05, 0) is 63.6 Å². The molecule has 3 heterocycles. The third-order valence-corrected chi connectivity index (χ3v) is 5.94. The second-order valence-electron chi connectivity index (χ2n) is 8.96. The third kappa shape index (κ3) is 6.30. The number of carbonyl (C=O) groups excluding carboxylic acids is 1. The molecule has 0 aromatic carbocycles. The summed E-state index contributed by atoms with van der Waals surface area (Å²) in [5.41, 5.74) is 1.52. The first-order valence-electron chi connectivity index (χ1n) is 11.8. The quantitative estimate of drug-likeness (QED) is 0.454. The molecule has 0 amide bonds. The number of nitrogens with one attached hydrogen (secondary N) is 2. The summed E-state index contributed by atoms with van der Waals surface area (Å²) in [7, 11) is 1.61. The lowest BCUT2D eigenvalue weighted by atomic mass is 9.86. The lowest BCUT2D eigenvalue weighted by molar-refractivity contribution is -0.146. The van der Waals surface area contributed by atoms with E-state index in [1.165, 1.54) is 0 Å². The third-order valence-electron chi connectivity index (χ3n) is 5.94. The zero-order valence-corrected chi connectivity index (χ0v) is 20.0. The topological polar surface area (TPSA) is 111 Å². The first-order chi connectivity index (χ1) is 16.5. The van der Waals surface area contributed by atoms with Crippen molar-refractivity contribution in [3.8, 4) is 5.88 Å². The van der Waals surface area contributed by atoms with E-state index < -0.39 is 0 Å². The molecule has 1 fully saturated rings. The van der Waals surface area contributed by atoms with Gasteiger partial charge in [-0.15, -0.1) is 0 Å². The largest absolute Gasteiger partial charge is 0.479 e. The molecule has 0 unspecified atom stereocenters. The van der Waals surface area contributed by atoms with Gasteiger partial charge in [-0.2, -0.15) is 0 Å². The maximum Gasteiger partial charge on any atom is 0.310 e. The van der Waals surface area contributed by atoms with Crippen molar-refractivity contribution in [1.29, 1.82) is 0 Å². The Morgan fingerprint density at radius 1 is 1.09 bits per heavy atom. The van der Waals surface area contributed by atoms with Crippen LogP contribution in [-0.4, -0.2) is 51.7 Å². The number of ether oxygens (including phenoxy) is 2. The Bertz CT molecular complexity index is 1100. The van der Waals surface area contributed by atoms with Crippen LogP contribution in [0.25, 0.3) is 10.9 Å². The van der Waals surface area contributed by atoms with Crippen LogP contribution < -0.4 is 15.4 Å². The normalized spacial score (nSPS) is 18.0. The van der Waals surface area contributed by atoms with Crippen molar-refractivity contribution >= 4 is 28.6 Å². The van der Waals surface area contributed by atoms with E-state index in [1.807, 2.05) is 32.0 Å². The maximum absolute atomic E-state index is 11.8. The van der Waals surface area contributed by atoms with E-state index in [-0.39, 0.29) is 18.5 Å². The van der Waals surface area contributed by atoms with Crippen LogP contribution in [0.2, 0.25) is 0 Å². The number of nitrogens with zero attached hydrogens (tertiary/aromatic N) is 4. The van der Waals surface area contributed by atoms with Gasteiger partial charge in [0.1, 0.15) is 11.3 Å². The fraction of sp³-hybridized carbons (Fsp3) is 0.480. The van der Waals surface area contributed by atoms with E-state index in [1.54, 1.807) is 25.7 Å². The van der Waals surface area contributed by atoms with Gasteiger partial charge >= 0.3 is 5.97 Å². The number of hydrogen-bond acceptors (Lipinski definition) is 9. The molecule has 1 aliphatic carbocycles. The van der Waals surface area contributed by atoms with Crippen LogP contribution in [0, 0.1) is 5.92 Å². The number of anilines is 2. The minimum absolute atomic E-state index is 0.121. The molecule has 1 aliphatic rings. The molecule has 0 spiro atoms. The zero-order chi connectivity index (χ0) is 23.9. The fourth-order valence-corrected chi connectivity index (χ4v) is 4.22. The number of rotatable bonds is 9. The molecule has 0 atom stereocenters. The molecule has 0 saturated heterocycles. The summed E-state index contributed by atoms with van der Waals surface area (Å²) in [5, 5.41) is 7.92. The summed E-state index contributed by atoms with van der Waals surface area (Å²) >= 11 is 0. The second-order valence-corrected chi connectivity index (χ2v) is 8.96. The Balaban J connectivity index is 1.22. The molecule has 3 aromatic rings. The lowest BCUT2D eigenvalue weighted by Gasteiger charge is -2.29. The average Bonchev–Trinajstić information content (AvgIpc) is 2.83. The van der Waals surface area contributed by atoms with Crippen LogP contribution in [-0.2, 0) is 16.0 Å². The SMILES string of the molecule is COc1nccc2ccc(N[C@H]3CC[C@H](CNc4ncc(CC(=O)OC(C)C)cn4)CC3)nc12. The van der Waals surface area contributed by atoms with E-state index in [9.17, 15) is 4.79 Å². The van der Waals surface area contributed by atoms with Crippen LogP contribution in [0.3, 0.4) is 0 Å². The Labute approximate surface area is 199 Å². The molecule has 0 aliphatic heterocycles. The number of hydrogen-bond donors (Lipinski definition) is 2. The number of esters is 1. The van der Waals surface area contributed by atoms with Crippen molar-refractivity contribution in [2.24, 2.45) is 5.92 Å². The molecule has 34 heavy (non-hydrogen) atoms. The van der Waals surface area contributed by atoms with Gasteiger partial charge in [0.2, 0.25) is 11.8 Å². The van der Waals surface area contributed by atoms with Crippen LogP contribution in [0.5, 0.6) is 5.88 Å². The lowest BCUT2D eigenvalue weighted by Crippen LogP contribution is -2.29. The molecule has 9 heteroatoms. The molecule has 9 nitrogen and oxygen atoms in total. The Morgan fingerprint density at radius 2 is 1.85 bits per heavy atom. The highest BCUT2D eigenvalue weighted by molar-refractivity contribution is 5.84. The van der Waals surface area contributed by atoms with Gasteiger partial charge in [0.05, 0.1) is 19.6 Å². The minimum atomic E-state index is -0.264. The molecule has 0 radical (unpaired) electrons. The van der Waals surface area contributed by atoms with Crippen LogP contribution in [0.15, 0.2) is 36.8 Å². The predicted molar refractivity (Wildman–Crippen MR) is 131 cm³/mol. The highest BCUT2D eigenvalue weighted by Crippen LogP contribution is 2.28. The van der Waals surface area contributed by atoms with Gasteiger partial charge in [-0.1, -0.05) is 0 Å². The van der Waals surface area contributed by atoms with Crippen molar-refractivity contribution in [2.45, 2.75) is 58.1 Å². The molecule has 0 bridgehead atoms. The van der Waals surface area contributed by atoms with E-state index in [0.29, 0.717) is 23.8 Å². The van der Waals surface area contributed by atoms with Gasteiger partial charge < -0.3 is 20.1 Å². The van der Waals surface area contributed by atoms with Crippen molar-refractivity contribution < 1.29 is 14.3 Å². The van der Waals surface area contributed by atoms with Gasteiger partial charge in [0, 0.05) is 42.1 Å². The van der Waals surface area contributed by atoms with Crippen molar-refractivity contribution in [1.82, 2.24) is 19.9 Å². The van der Waals surface area contributed by atoms with E-state index in [4.69, 9.17) is 14.5 Å². The Kier molecular flexibility index (Phi) is 7.72. The standard InChI is InChI=1S/C25H32N6O3/c1-16(2)34-22(32)12-18-14-28-25(29-15-18)27-13-17-4-7-20(8-5-17)30-21-9-6-19-10-11-26-24(33-3)23(19)31-21/h6,9-11,14-17,20H,4-5,7-8,12-13H2,1-3H3,(H,30,31)(H,27,28,29)/t17-,20-. The summed E-state index contributed by atoms with van der Waals surface area (Å²) in [5.74, 6) is 2.28. The monoisotopic (exact) mass is 464 g/mol. The van der Waals surface area contributed by atoms with E-state index >= 15 is 0 Å².